The van der Waals surface area contributed by atoms with E-state index in [2.05, 4.69) is 24.5 Å². The molecule has 0 aliphatic heterocycles. The summed E-state index contributed by atoms with van der Waals surface area (Å²) in [5.74, 6) is -1.18. The smallest absolute Gasteiger partial charge is 0.408 e. The topological polar surface area (TPSA) is 114 Å². The van der Waals surface area contributed by atoms with Crippen molar-refractivity contribution in [3.05, 3.63) is 71.8 Å². The molecule has 4 atom stereocenters. The summed E-state index contributed by atoms with van der Waals surface area (Å²) in [6, 6.07) is 14.9. The molecule has 2 aromatic carbocycles. The third kappa shape index (κ3) is 12.9. The van der Waals surface area contributed by atoms with Crippen LogP contribution in [0.4, 0.5) is 4.79 Å². The van der Waals surface area contributed by atoms with Crippen molar-refractivity contribution in [3.8, 4) is 0 Å². The van der Waals surface area contributed by atoms with Crippen LogP contribution in [0, 0.1) is 5.92 Å². The molecule has 0 aliphatic rings. The van der Waals surface area contributed by atoms with Gasteiger partial charge in [-0.15, -0.1) is 0 Å². The molecule has 0 radical (unpaired) electrons. The molecule has 45 heavy (non-hydrogen) atoms. The lowest BCUT2D eigenvalue weighted by Gasteiger charge is -2.38. The van der Waals surface area contributed by atoms with E-state index in [-0.39, 0.29) is 12.5 Å². The summed E-state index contributed by atoms with van der Waals surface area (Å²) in [7, 11) is 0. The van der Waals surface area contributed by atoms with Crippen molar-refractivity contribution in [1.29, 1.82) is 0 Å². The Bertz CT molecular complexity index is 1250. The maximum Gasteiger partial charge on any atom is 0.408 e. The lowest BCUT2D eigenvalue weighted by molar-refractivity contribution is -0.159. The summed E-state index contributed by atoms with van der Waals surface area (Å²) in [4.78, 5) is 56.2. The molecular formula is C36H53N3O6. The van der Waals surface area contributed by atoms with Crippen LogP contribution >= 0.6 is 0 Å². The summed E-state index contributed by atoms with van der Waals surface area (Å²) in [6.45, 7) is 18.2. The van der Waals surface area contributed by atoms with E-state index in [0.29, 0.717) is 17.9 Å². The zero-order valence-corrected chi connectivity index (χ0v) is 28.7. The van der Waals surface area contributed by atoms with E-state index in [4.69, 9.17) is 9.47 Å². The van der Waals surface area contributed by atoms with Gasteiger partial charge in [0.25, 0.3) is 0 Å². The van der Waals surface area contributed by atoms with Gasteiger partial charge in [0.05, 0.1) is 0 Å². The average Bonchev–Trinajstić information content (AvgIpc) is 2.92. The van der Waals surface area contributed by atoms with Crippen LogP contribution < -0.4 is 10.6 Å². The molecule has 0 fully saturated rings. The number of amides is 3. The second-order valence-corrected chi connectivity index (χ2v) is 14.0. The van der Waals surface area contributed by atoms with Crippen molar-refractivity contribution in [1.82, 2.24) is 15.5 Å². The maximum absolute atomic E-state index is 14.4. The lowest BCUT2D eigenvalue weighted by Crippen LogP contribution is -2.56. The highest BCUT2D eigenvalue weighted by Gasteiger charge is 2.39. The number of rotatable bonds is 13. The van der Waals surface area contributed by atoms with Crippen LogP contribution in [0.1, 0.15) is 99.2 Å². The largest absolute Gasteiger partial charge is 0.458 e. The Balaban J connectivity index is 2.56. The van der Waals surface area contributed by atoms with Crippen molar-refractivity contribution in [2.45, 2.75) is 124 Å². The Kier molecular flexibility index (Phi) is 13.6. The first-order valence-corrected chi connectivity index (χ1v) is 15.8. The Morgan fingerprint density at radius 3 is 1.78 bits per heavy atom. The standard InChI is InChI=1S/C36H53N3O6/c1-24(2)21-22-25(3)39(32(41)26(4)37-34(43)45-36(8,9)10)30(28-19-15-12-16-20-28)31(40)38-29(33(42)44-35(5,6)7)23-27-17-13-11-14-18-27/h11-20,24-26,29-30H,21-23H2,1-10H3,(H,37,43)(H,38,40). The number of benzene rings is 2. The molecule has 4 unspecified atom stereocenters. The fraction of sp³-hybridized carbons (Fsp3) is 0.556. The van der Waals surface area contributed by atoms with Crippen LogP contribution in [0.2, 0.25) is 0 Å². The molecular weight excluding hydrogens is 570 g/mol. The van der Waals surface area contributed by atoms with E-state index < -0.39 is 53.2 Å². The Labute approximate surface area is 269 Å². The van der Waals surface area contributed by atoms with Gasteiger partial charge in [-0.1, -0.05) is 74.5 Å². The fourth-order valence-electron chi connectivity index (χ4n) is 4.82. The van der Waals surface area contributed by atoms with Crippen molar-refractivity contribution in [2.75, 3.05) is 0 Å². The minimum Gasteiger partial charge on any atom is -0.458 e. The Morgan fingerprint density at radius 2 is 1.27 bits per heavy atom. The number of hydrogen-bond donors (Lipinski definition) is 2. The van der Waals surface area contributed by atoms with Crippen LogP contribution in [0.5, 0.6) is 0 Å². The van der Waals surface area contributed by atoms with Gasteiger partial charge in [-0.05, 0) is 85.3 Å². The number of nitrogens with one attached hydrogen (secondary N) is 2. The highest BCUT2D eigenvalue weighted by atomic mass is 16.6. The van der Waals surface area contributed by atoms with Gasteiger partial charge in [0.1, 0.15) is 29.3 Å². The van der Waals surface area contributed by atoms with Gasteiger partial charge in [-0.3, -0.25) is 9.59 Å². The van der Waals surface area contributed by atoms with Crippen molar-refractivity contribution in [3.63, 3.8) is 0 Å². The van der Waals surface area contributed by atoms with Gasteiger partial charge in [0.2, 0.25) is 11.8 Å². The van der Waals surface area contributed by atoms with Gasteiger partial charge in [0.15, 0.2) is 0 Å². The average molecular weight is 624 g/mol. The van der Waals surface area contributed by atoms with E-state index in [1.54, 1.807) is 72.7 Å². The number of hydrogen-bond acceptors (Lipinski definition) is 6. The molecule has 0 aliphatic carbocycles. The van der Waals surface area contributed by atoms with Crippen LogP contribution in [-0.4, -0.2) is 58.1 Å². The molecule has 2 aromatic rings. The highest BCUT2D eigenvalue weighted by Crippen LogP contribution is 2.28. The van der Waals surface area contributed by atoms with E-state index in [1.807, 2.05) is 43.3 Å². The minimum absolute atomic E-state index is 0.205. The first-order chi connectivity index (χ1) is 20.9. The number of alkyl carbamates (subject to hydrolysis) is 1. The van der Waals surface area contributed by atoms with Gasteiger partial charge in [-0.25, -0.2) is 9.59 Å². The normalized spacial score (nSPS) is 14.5. The zero-order valence-electron chi connectivity index (χ0n) is 28.7. The number of carbonyl (C=O) groups is 4. The summed E-state index contributed by atoms with van der Waals surface area (Å²) in [5, 5.41) is 5.57. The predicted molar refractivity (Wildman–Crippen MR) is 176 cm³/mol. The van der Waals surface area contributed by atoms with E-state index in [9.17, 15) is 19.2 Å². The molecule has 0 heterocycles. The third-order valence-corrected chi connectivity index (χ3v) is 6.93. The van der Waals surface area contributed by atoms with Crippen molar-refractivity contribution < 1.29 is 28.7 Å². The van der Waals surface area contributed by atoms with Gasteiger partial charge >= 0.3 is 12.1 Å². The number of nitrogens with zero attached hydrogens (tertiary/aromatic N) is 1. The first-order valence-electron chi connectivity index (χ1n) is 15.8. The molecule has 3 amide bonds. The van der Waals surface area contributed by atoms with Crippen molar-refractivity contribution in [2.24, 2.45) is 5.92 Å². The Hall–Kier alpha value is -3.88. The number of carbonyl (C=O) groups excluding carboxylic acids is 4. The van der Waals surface area contributed by atoms with Crippen LogP contribution in [0.15, 0.2) is 60.7 Å². The molecule has 0 saturated carbocycles. The fourth-order valence-corrected chi connectivity index (χ4v) is 4.82. The monoisotopic (exact) mass is 623 g/mol. The predicted octanol–water partition coefficient (Wildman–Crippen LogP) is 6.36. The quantitative estimate of drug-likeness (QED) is 0.251. The van der Waals surface area contributed by atoms with Crippen molar-refractivity contribution >= 4 is 23.9 Å². The number of esters is 1. The second kappa shape index (κ2) is 16.4. The molecule has 0 aromatic heterocycles. The number of ether oxygens (including phenoxy) is 2. The zero-order chi connectivity index (χ0) is 33.9. The van der Waals surface area contributed by atoms with Gasteiger partial charge in [-0.2, -0.15) is 0 Å². The second-order valence-electron chi connectivity index (χ2n) is 14.0. The summed E-state index contributed by atoms with van der Waals surface area (Å²) in [5.41, 5.74) is -0.102. The van der Waals surface area contributed by atoms with Gasteiger partial charge in [0, 0.05) is 12.5 Å². The van der Waals surface area contributed by atoms with Gasteiger partial charge < -0.3 is 25.0 Å². The lowest BCUT2D eigenvalue weighted by atomic mass is 9.96. The highest BCUT2D eigenvalue weighted by molar-refractivity contribution is 5.94. The molecule has 2 N–H and O–H groups in total. The maximum atomic E-state index is 14.4. The van der Waals surface area contributed by atoms with Crippen LogP contribution in [0.3, 0.4) is 0 Å². The molecule has 0 bridgehead atoms. The minimum atomic E-state index is -1.09. The molecule has 0 spiro atoms. The van der Waals surface area contributed by atoms with Crippen LogP contribution in [0.25, 0.3) is 0 Å². The SMILES string of the molecule is CC(C)CCC(C)N(C(=O)C(C)NC(=O)OC(C)(C)C)C(C(=O)NC(Cc1ccccc1)C(=O)OC(C)(C)C)c1ccccc1. The van der Waals surface area contributed by atoms with E-state index in [1.165, 1.54) is 4.90 Å². The first kappa shape index (κ1) is 37.3. The molecule has 9 nitrogen and oxygen atoms in total. The molecule has 9 heteroatoms. The van der Waals surface area contributed by atoms with E-state index in [0.717, 1.165) is 12.0 Å². The molecule has 0 saturated heterocycles. The summed E-state index contributed by atoms with van der Waals surface area (Å²) >= 11 is 0. The van der Waals surface area contributed by atoms with E-state index >= 15 is 0 Å². The molecule has 248 valence electrons. The summed E-state index contributed by atoms with van der Waals surface area (Å²) < 4.78 is 11.1. The Morgan fingerprint density at radius 1 is 0.733 bits per heavy atom. The summed E-state index contributed by atoms with van der Waals surface area (Å²) in [6.07, 6.45) is 0.915. The third-order valence-electron chi connectivity index (χ3n) is 6.93. The van der Waals surface area contributed by atoms with Crippen LogP contribution in [-0.2, 0) is 30.3 Å². The molecule has 2 rings (SSSR count).